The van der Waals surface area contributed by atoms with Crippen molar-refractivity contribution >= 4 is 11.9 Å². The summed E-state index contributed by atoms with van der Waals surface area (Å²) in [7, 11) is 0. The summed E-state index contributed by atoms with van der Waals surface area (Å²) >= 11 is 0. The number of esters is 1. The zero-order valence-corrected chi connectivity index (χ0v) is 9.78. The van der Waals surface area contributed by atoms with E-state index in [-0.39, 0.29) is 18.3 Å². The van der Waals surface area contributed by atoms with Gasteiger partial charge in [0.15, 0.2) is 0 Å². The van der Waals surface area contributed by atoms with Gasteiger partial charge in [-0.15, -0.1) is 0 Å². The van der Waals surface area contributed by atoms with Crippen LogP contribution < -0.4 is 0 Å². The average Bonchev–Trinajstić information content (AvgIpc) is 2.88. The summed E-state index contributed by atoms with van der Waals surface area (Å²) in [5, 5.41) is 0. The van der Waals surface area contributed by atoms with Crippen LogP contribution in [0, 0.1) is 5.92 Å². The van der Waals surface area contributed by atoms with Gasteiger partial charge in [-0.1, -0.05) is 0 Å². The van der Waals surface area contributed by atoms with E-state index in [4.69, 9.17) is 4.74 Å². The van der Waals surface area contributed by atoms with Gasteiger partial charge in [-0.25, -0.2) is 0 Å². The van der Waals surface area contributed by atoms with Crippen LogP contribution in [0.15, 0.2) is 0 Å². The molecule has 2 unspecified atom stereocenters. The van der Waals surface area contributed by atoms with Gasteiger partial charge >= 0.3 is 5.97 Å². The van der Waals surface area contributed by atoms with Crippen molar-refractivity contribution < 1.29 is 14.3 Å². The van der Waals surface area contributed by atoms with Crippen LogP contribution in [0.5, 0.6) is 0 Å². The molecule has 1 saturated carbocycles. The van der Waals surface area contributed by atoms with Crippen LogP contribution in [0.2, 0.25) is 0 Å². The number of fused-ring (bicyclic) bond motifs is 2. The first-order chi connectivity index (χ1) is 7.70. The zero-order valence-electron chi connectivity index (χ0n) is 9.78. The number of hydrogen-bond donors (Lipinski definition) is 0. The maximum Gasteiger partial charge on any atom is 0.306 e. The van der Waals surface area contributed by atoms with Gasteiger partial charge in [-0.05, 0) is 32.1 Å². The molecule has 0 aromatic carbocycles. The Morgan fingerprint density at radius 3 is 2.69 bits per heavy atom. The summed E-state index contributed by atoms with van der Waals surface area (Å²) in [6, 6.07) is 0.458. The lowest BCUT2D eigenvalue weighted by Gasteiger charge is -2.26. The summed E-state index contributed by atoms with van der Waals surface area (Å²) in [6.45, 7) is 3.08. The highest BCUT2D eigenvalue weighted by Gasteiger charge is 2.39. The second kappa shape index (κ2) is 4.85. The lowest BCUT2D eigenvalue weighted by atomic mass is 10.1. The maximum atomic E-state index is 11.9. The molecule has 2 fully saturated rings. The highest BCUT2D eigenvalue weighted by Crippen LogP contribution is 2.37. The van der Waals surface area contributed by atoms with Crippen LogP contribution >= 0.6 is 0 Å². The molecular formula is C12H19NO3. The molecule has 4 heteroatoms. The second-order valence-corrected chi connectivity index (χ2v) is 4.68. The van der Waals surface area contributed by atoms with Crippen molar-refractivity contribution in [1.82, 2.24) is 4.90 Å². The normalized spacial score (nSPS) is 27.2. The van der Waals surface area contributed by atoms with Crippen molar-refractivity contribution in [2.75, 3.05) is 13.2 Å². The van der Waals surface area contributed by atoms with Gasteiger partial charge in [0.05, 0.1) is 13.0 Å². The van der Waals surface area contributed by atoms with Gasteiger partial charge in [0.1, 0.15) is 0 Å². The summed E-state index contributed by atoms with van der Waals surface area (Å²) in [4.78, 5) is 25.0. The van der Waals surface area contributed by atoms with E-state index in [0.717, 1.165) is 18.9 Å². The SMILES string of the molecule is CCOC(=O)CCC(=O)N1CC2CCC1C2. The minimum Gasteiger partial charge on any atom is -0.466 e. The van der Waals surface area contributed by atoms with Crippen molar-refractivity contribution in [2.45, 2.75) is 45.1 Å². The quantitative estimate of drug-likeness (QED) is 0.678. The molecule has 1 amide bonds. The molecule has 0 radical (unpaired) electrons. The lowest BCUT2D eigenvalue weighted by Crippen LogP contribution is -2.37. The predicted molar refractivity (Wildman–Crippen MR) is 58.7 cm³/mol. The highest BCUT2D eigenvalue weighted by atomic mass is 16.5. The number of carbonyl (C=O) groups is 2. The zero-order chi connectivity index (χ0) is 11.5. The van der Waals surface area contributed by atoms with Gasteiger partial charge in [0, 0.05) is 19.0 Å². The van der Waals surface area contributed by atoms with E-state index in [1.807, 2.05) is 4.90 Å². The molecule has 1 aliphatic heterocycles. The van der Waals surface area contributed by atoms with Gasteiger partial charge in [-0.3, -0.25) is 9.59 Å². The summed E-state index contributed by atoms with van der Waals surface area (Å²) in [5.74, 6) is 0.581. The number of nitrogens with zero attached hydrogens (tertiary/aromatic N) is 1. The summed E-state index contributed by atoms with van der Waals surface area (Å²) in [5.41, 5.74) is 0. The van der Waals surface area contributed by atoms with Crippen LogP contribution in [0.3, 0.4) is 0 Å². The first kappa shape index (κ1) is 11.4. The Balaban J connectivity index is 1.74. The number of ether oxygens (including phenoxy) is 1. The monoisotopic (exact) mass is 225 g/mol. The number of carbonyl (C=O) groups excluding carboxylic acids is 2. The average molecular weight is 225 g/mol. The minimum absolute atomic E-state index is 0.125. The lowest BCUT2D eigenvalue weighted by molar-refractivity contribution is -0.146. The van der Waals surface area contributed by atoms with Crippen molar-refractivity contribution in [2.24, 2.45) is 5.92 Å². The summed E-state index contributed by atoms with van der Waals surface area (Å²) < 4.78 is 4.81. The maximum absolute atomic E-state index is 11.9. The minimum atomic E-state index is -0.264. The number of likely N-dealkylation sites (tertiary alicyclic amines) is 1. The van der Waals surface area contributed by atoms with Crippen molar-refractivity contribution in [1.29, 1.82) is 0 Å². The number of hydrogen-bond acceptors (Lipinski definition) is 3. The molecule has 0 spiro atoms. The van der Waals surface area contributed by atoms with Gasteiger partial charge in [0.25, 0.3) is 0 Å². The van der Waals surface area contributed by atoms with Crippen LogP contribution in [0.25, 0.3) is 0 Å². The van der Waals surface area contributed by atoms with Gasteiger partial charge in [0.2, 0.25) is 5.91 Å². The fraction of sp³-hybridized carbons (Fsp3) is 0.833. The van der Waals surface area contributed by atoms with Gasteiger partial charge < -0.3 is 9.64 Å². The van der Waals surface area contributed by atoms with E-state index in [1.165, 1.54) is 12.8 Å². The molecule has 4 nitrogen and oxygen atoms in total. The van der Waals surface area contributed by atoms with E-state index in [2.05, 4.69) is 0 Å². The predicted octanol–water partition coefficient (Wildman–Crippen LogP) is 1.34. The van der Waals surface area contributed by atoms with E-state index in [9.17, 15) is 9.59 Å². The smallest absolute Gasteiger partial charge is 0.306 e. The van der Waals surface area contributed by atoms with Crippen LogP contribution in [-0.4, -0.2) is 36.0 Å². The Kier molecular flexibility index (Phi) is 3.46. The fourth-order valence-corrected chi connectivity index (χ4v) is 2.82. The molecule has 1 heterocycles. The molecule has 1 saturated heterocycles. The van der Waals surface area contributed by atoms with Crippen molar-refractivity contribution in [3.8, 4) is 0 Å². The van der Waals surface area contributed by atoms with Crippen LogP contribution in [-0.2, 0) is 14.3 Å². The Hall–Kier alpha value is -1.06. The topological polar surface area (TPSA) is 46.6 Å². The fourth-order valence-electron chi connectivity index (χ4n) is 2.82. The standard InChI is InChI=1S/C12H19NO3/c1-2-16-12(15)6-5-11(14)13-8-9-3-4-10(13)7-9/h9-10H,2-8H2,1H3. The Labute approximate surface area is 95.9 Å². The van der Waals surface area contributed by atoms with Crippen molar-refractivity contribution in [3.63, 3.8) is 0 Å². The molecule has 2 bridgehead atoms. The molecule has 16 heavy (non-hydrogen) atoms. The largest absolute Gasteiger partial charge is 0.466 e. The van der Waals surface area contributed by atoms with Crippen LogP contribution in [0.4, 0.5) is 0 Å². The molecule has 2 atom stereocenters. The second-order valence-electron chi connectivity index (χ2n) is 4.68. The Morgan fingerprint density at radius 2 is 2.12 bits per heavy atom. The van der Waals surface area contributed by atoms with Crippen molar-refractivity contribution in [3.05, 3.63) is 0 Å². The molecule has 90 valence electrons. The first-order valence-corrected chi connectivity index (χ1v) is 6.15. The Morgan fingerprint density at radius 1 is 1.31 bits per heavy atom. The molecule has 2 aliphatic rings. The number of piperidine rings is 1. The van der Waals surface area contributed by atoms with Gasteiger partial charge in [-0.2, -0.15) is 0 Å². The highest BCUT2D eigenvalue weighted by molar-refractivity contribution is 5.81. The molecule has 1 aliphatic carbocycles. The van der Waals surface area contributed by atoms with E-state index in [1.54, 1.807) is 6.92 Å². The third-order valence-electron chi connectivity index (χ3n) is 3.58. The number of amides is 1. The third-order valence-corrected chi connectivity index (χ3v) is 3.58. The number of rotatable bonds is 4. The van der Waals surface area contributed by atoms with E-state index in [0.29, 0.717) is 19.1 Å². The van der Waals surface area contributed by atoms with Crippen LogP contribution in [0.1, 0.15) is 39.0 Å². The Bertz CT molecular complexity index is 290. The molecule has 2 rings (SSSR count). The van der Waals surface area contributed by atoms with E-state index < -0.39 is 0 Å². The van der Waals surface area contributed by atoms with E-state index >= 15 is 0 Å². The summed E-state index contributed by atoms with van der Waals surface area (Å²) in [6.07, 6.45) is 4.12. The third kappa shape index (κ3) is 2.36. The molecular weight excluding hydrogens is 206 g/mol. The molecule has 0 aromatic rings. The molecule has 0 aromatic heterocycles. The molecule has 0 N–H and O–H groups in total. The first-order valence-electron chi connectivity index (χ1n) is 6.15.